The molecule has 0 spiro atoms. The molecule has 130 valence electrons. The number of hydrogen-bond acceptors (Lipinski definition) is 3. The van der Waals surface area contributed by atoms with Gasteiger partial charge >= 0.3 is 0 Å². The Bertz CT molecular complexity index is 1060. The number of benzene rings is 2. The standard InChI is InChI=1S/C20H22N2O2S/c1-14-15(2)22(20-6-4-3-5-19(14)20)25(23,24)18-8-7-16-9-11-21-12-10-17(16)13-18/h3-8,13,21H,9-12H2,1-2H3. The van der Waals surface area contributed by atoms with Crippen molar-refractivity contribution in [2.45, 2.75) is 31.6 Å². The molecular formula is C20H22N2O2S. The van der Waals surface area contributed by atoms with E-state index in [4.69, 9.17) is 0 Å². The quantitative estimate of drug-likeness (QED) is 0.769. The summed E-state index contributed by atoms with van der Waals surface area (Å²) in [6, 6.07) is 13.3. The van der Waals surface area contributed by atoms with Crippen molar-refractivity contribution in [1.29, 1.82) is 0 Å². The number of nitrogens with one attached hydrogen (secondary N) is 1. The number of fused-ring (bicyclic) bond motifs is 2. The van der Waals surface area contributed by atoms with Gasteiger partial charge in [0.15, 0.2) is 0 Å². The highest BCUT2D eigenvalue weighted by Gasteiger charge is 2.24. The second-order valence-electron chi connectivity index (χ2n) is 6.68. The van der Waals surface area contributed by atoms with Crippen molar-refractivity contribution in [1.82, 2.24) is 9.29 Å². The van der Waals surface area contributed by atoms with Crippen molar-refractivity contribution >= 4 is 20.9 Å². The Morgan fingerprint density at radius 2 is 1.68 bits per heavy atom. The van der Waals surface area contributed by atoms with Crippen LogP contribution in [0.2, 0.25) is 0 Å². The van der Waals surface area contributed by atoms with Gasteiger partial charge in [-0.3, -0.25) is 0 Å². The maximum Gasteiger partial charge on any atom is 0.268 e. The molecule has 1 aromatic heterocycles. The molecule has 2 heterocycles. The molecule has 1 aliphatic rings. The molecule has 0 aliphatic carbocycles. The Morgan fingerprint density at radius 1 is 0.960 bits per heavy atom. The first kappa shape index (κ1) is 16.4. The average Bonchev–Trinajstić information content (AvgIpc) is 2.77. The van der Waals surface area contributed by atoms with Crippen molar-refractivity contribution in [2.75, 3.05) is 13.1 Å². The van der Waals surface area contributed by atoms with Gasteiger partial charge in [0.25, 0.3) is 10.0 Å². The highest BCUT2D eigenvalue weighted by atomic mass is 32.2. The predicted octanol–water partition coefficient (Wildman–Crippen LogP) is 3.18. The van der Waals surface area contributed by atoms with E-state index in [0.29, 0.717) is 4.90 Å². The molecule has 0 saturated heterocycles. The summed E-state index contributed by atoms with van der Waals surface area (Å²) in [6.45, 7) is 5.69. The predicted molar refractivity (Wildman–Crippen MR) is 101 cm³/mol. The van der Waals surface area contributed by atoms with Gasteiger partial charge in [-0.1, -0.05) is 24.3 Å². The van der Waals surface area contributed by atoms with E-state index >= 15 is 0 Å². The van der Waals surface area contributed by atoms with Gasteiger partial charge in [0, 0.05) is 11.1 Å². The number of nitrogens with zero attached hydrogens (tertiary/aromatic N) is 1. The van der Waals surface area contributed by atoms with Crippen LogP contribution in [0.3, 0.4) is 0 Å². The summed E-state index contributed by atoms with van der Waals surface area (Å²) in [5.74, 6) is 0. The minimum Gasteiger partial charge on any atom is -0.316 e. The van der Waals surface area contributed by atoms with E-state index < -0.39 is 10.0 Å². The molecule has 0 saturated carbocycles. The molecular weight excluding hydrogens is 332 g/mol. The minimum atomic E-state index is -3.62. The summed E-state index contributed by atoms with van der Waals surface area (Å²) < 4.78 is 28.3. The van der Waals surface area contributed by atoms with E-state index in [0.717, 1.165) is 53.7 Å². The van der Waals surface area contributed by atoms with Crippen molar-refractivity contribution in [2.24, 2.45) is 0 Å². The maximum absolute atomic E-state index is 13.4. The maximum atomic E-state index is 13.4. The molecule has 0 fully saturated rings. The molecule has 25 heavy (non-hydrogen) atoms. The fourth-order valence-electron chi connectivity index (χ4n) is 3.72. The molecule has 2 aromatic carbocycles. The van der Waals surface area contributed by atoms with Gasteiger partial charge < -0.3 is 5.32 Å². The smallest absolute Gasteiger partial charge is 0.268 e. The summed E-state index contributed by atoms with van der Waals surface area (Å²) >= 11 is 0. The lowest BCUT2D eigenvalue weighted by Crippen LogP contribution is -2.16. The monoisotopic (exact) mass is 354 g/mol. The second kappa shape index (κ2) is 6.00. The molecule has 3 aromatic rings. The number of aromatic nitrogens is 1. The lowest BCUT2D eigenvalue weighted by Gasteiger charge is -2.13. The summed E-state index contributed by atoms with van der Waals surface area (Å²) in [6.07, 6.45) is 1.81. The van der Waals surface area contributed by atoms with Crippen molar-refractivity contribution < 1.29 is 8.42 Å². The Hall–Kier alpha value is -2.11. The first-order chi connectivity index (χ1) is 12.0. The van der Waals surface area contributed by atoms with Crippen molar-refractivity contribution in [3.05, 3.63) is 64.8 Å². The van der Waals surface area contributed by atoms with Gasteiger partial charge in [-0.05, 0) is 74.7 Å². The van der Waals surface area contributed by atoms with E-state index in [1.54, 1.807) is 6.07 Å². The first-order valence-corrected chi connectivity index (χ1v) is 10.1. The molecule has 4 rings (SSSR count). The summed E-state index contributed by atoms with van der Waals surface area (Å²) in [4.78, 5) is 0.372. The third kappa shape index (κ3) is 2.58. The fraction of sp³-hybridized carbons (Fsp3) is 0.300. The zero-order valence-corrected chi connectivity index (χ0v) is 15.4. The van der Waals surface area contributed by atoms with Gasteiger partial charge in [0.2, 0.25) is 0 Å². The van der Waals surface area contributed by atoms with Crippen LogP contribution >= 0.6 is 0 Å². The molecule has 5 heteroatoms. The Labute approximate surface area is 148 Å². The average molecular weight is 354 g/mol. The van der Waals surface area contributed by atoms with Crippen LogP contribution in [-0.4, -0.2) is 25.5 Å². The van der Waals surface area contributed by atoms with Crippen LogP contribution in [0.4, 0.5) is 0 Å². The number of hydrogen-bond donors (Lipinski definition) is 1. The molecule has 0 bridgehead atoms. The van der Waals surface area contributed by atoms with Gasteiger partial charge in [-0.2, -0.15) is 0 Å². The van der Waals surface area contributed by atoms with Gasteiger partial charge in [0.05, 0.1) is 10.4 Å². The van der Waals surface area contributed by atoms with Crippen LogP contribution in [0.1, 0.15) is 22.4 Å². The Balaban J connectivity index is 1.92. The molecule has 0 unspecified atom stereocenters. The molecule has 4 nitrogen and oxygen atoms in total. The third-order valence-electron chi connectivity index (χ3n) is 5.23. The van der Waals surface area contributed by atoms with Crippen molar-refractivity contribution in [3.63, 3.8) is 0 Å². The second-order valence-corrected chi connectivity index (χ2v) is 8.46. The lowest BCUT2D eigenvalue weighted by molar-refractivity contribution is 0.587. The SMILES string of the molecule is Cc1c(C)n(S(=O)(=O)c2ccc3c(c2)CCNCC3)c2ccccc12. The highest BCUT2D eigenvalue weighted by molar-refractivity contribution is 7.90. The molecule has 0 radical (unpaired) electrons. The van der Waals surface area contributed by atoms with Gasteiger partial charge in [-0.15, -0.1) is 0 Å². The molecule has 1 aliphatic heterocycles. The summed E-state index contributed by atoms with van der Waals surface area (Å²) in [5, 5.41) is 4.35. The van der Waals surface area contributed by atoms with Crippen LogP contribution in [-0.2, 0) is 22.9 Å². The Kier molecular flexibility index (Phi) is 3.93. The fourth-order valence-corrected chi connectivity index (χ4v) is 5.38. The topological polar surface area (TPSA) is 51.1 Å². The van der Waals surface area contributed by atoms with Crippen LogP contribution in [0, 0.1) is 13.8 Å². The van der Waals surface area contributed by atoms with Crippen LogP contribution in [0.5, 0.6) is 0 Å². The van der Waals surface area contributed by atoms with Crippen molar-refractivity contribution in [3.8, 4) is 0 Å². The summed E-state index contributed by atoms with van der Waals surface area (Å²) in [7, 11) is -3.62. The van der Waals surface area contributed by atoms with Gasteiger partial charge in [-0.25, -0.2) is 12.4 Å². The van der Waals surface area contributed by atoms with Crippen LogP contribution < -0.4 is 5.32 Å². The molecule has 1 N–H and O–H groups in total. The number of para-hydroxylation sites is 1. The van der Waals surface area contributed by atoms with E-state index in [9.17, 15) is 8.42 Å². The number of aryl methyl sites for hydroxylation is 1. The van der Waals surface area contributed by atoms with E-state index in [-0.39, 0.29) is 0 Å². The minimum absolute atomic E-state index is 0.372. The van der Waals surface area contributed by atoms with E-state index in [2.05, 4.69) is 5.32 Å². The Morgan fingerprint density at radius 3 is 2.48 bits per heavy atom. The third-order valence-corrected chi connectivity index (χ3v) is 7.03. The van der Waals surface area contributed by atoms with E-state index in [1.165, 1.54) is 9.54 Å². The van der Waals surface area contributed by atoms with E-state index in [1.807, 2.05) is 50.2 Å². The number of rotatable bonds is 2. The normalized spacial score (nSPS) is 15.1. The largest absolute Gasteiger partial charge is 0.316 e. The zero-order chi connectivity index (χ0) is 17.6. The first-order valence-electron chi connectivity index (χ1n) is 8.65. The van der Waals surface area contributed by atoms with Crippen LogP contribution in [0.25, 0.3) is 10.9 Å². The summed E-state index contributed by atoms with van der Waals surface area (Å²) in [5.41, 5.74) is 4.91. The van der Waals surface area contributed by atoms with Gasteiger partial charge in [0.1, 0.15) is 0 Å². The lowest BCUT2D eigenvalue weighted by atomic mass is 10.0. The zero-order valence-electron chi connectivity index (χ0n) is 14.5. The molecule has 0 amide bonds. The van der Waals surface area contributed by atoms with Crippen LogP contribution in [0.15, 0.2) is 47.4 Å². The highest BCUT2D eigenvalue weighted by Crippen LogP contribution is 2.30. The molecule has 0 atom stereocenters.